The van der Waals surface area contributed by atoms with Crippen LogP contribution in [0.2, 0.25) is 0 Å². The smallest absolute Gasteiger partial charge is 0.438 e. The second kappa shape index (κ2) is 5.16. The Balaban J connectivity index is 5.96. The second-order valence-corrected chi connectivity index (χ2v) is 3.83. The Bertz CT molecular complexity index is 380. The molecule has 0 bridgehead atoms. The van der Waals surface area contributed by atoms with Crippen LogP contribution < -0.4 is 0 Å². The van der Waals surface area contributed by atoms with E-state index < -0.39 is 48.7 Å². The maximum atomic E-state index is 13.0. The van der Waals surface area contributed by atoms with E-state index in [1.807, 2.05) is 0 Å². The molecule has 0 heterocycles. The highest BCUT2D eigenvalue weighted by Crippen LogP contribution is 2.59. The van der Waals surface area contributed by atoms with Gasteiger partial charge in [0, 0.05) is 6.42 Å². The van der Waals surface area contributed by atoms with Crippen LogP contribution in [-0.4, -0.2) is 40.9 Å². The van der Waals surface area contributed by atoms with E-state index in [1.165, 1.54) is 0 Å². The van der Waals surface area contributed by atoms with Gasteiger partial charge in [-0.3, -0.25) is 4.79 Å². The summed E-state index contributed by atoms with van der Waals surface area (Å²) in [6.07, 6.45) is -19.3. The number of aliphatic carboxylic acids is 1. The highest BCUT2D eigenvalue weighted by Gasteiger charge is 2.89. The molecule has 0 saturated carbocycles. The molecule has 0 radical (unpaired) electrons. The van der Waals surface area contributed by atoms with E-state index in [4.69, 9.17) is 5.11 Å². The third kappa shape index (κ3) is 3.15. The zero-order chi connectivity index (χ0) is 17.5. The van der Waals surface area contributed by atoms with Gasteiger partial charge >= 0.3 is 35.8 Å². The Labute approximate surface area is 108 Å². The summed E-state index contributed by atoms with van der Waals surface area (Å²) in [4.78, 5) is 9.90. The van der Waals surface area contributed by atoms with Crippen molar-refractivity contribution < 1.29 is 58.2 Å². The Kier molecular flexibility index (Phi) is 4.84. The van der Waals surface area contributed by atoms with Gasteiger partial charge in [0.25, 0.3) is 0 Å². The zero-order valence-electron chi connectivity index (χ0n) is 9.43. The minimum Gasteiger partial charge on any atom is -0.481 e. The molecule has 0 spiro atoms. The monoisotopic (exact) mass is 342 g/mol. The molecule has 0 aromatic heterocycles. The lowest BCUT2D eigenvalue weighted by Crippen LogP contribution is -2.70. The number of alkyl halides is 11. The summed E-state index contributed by atoms with van der Waals surface area (Å²) in [6, 6.07) is 0. The predicted molar refractivity (Wildman–Crippen MR) is 42.7 cm³/mol. The second-order valence-electron chi connectivity index (χ2n) is 3.83. The quantitative estimate of drug-likeness (QED) is 0.768. The average molecular weight is 342 g/mol. The molecule has 2 nitrogen and oxygen atoms in total. The van der Waals surface area contributed by atoms with Crippen LogP contribution >= 0.6 is 0 Å². The third-order valence-electron chi connectivity index (χ3n) is 2.33. The van der Waals surface area contributed by atoms with E-state index in [2.05, 4.69) is 0 Å². The molecular weight excluding hydrogens is 337 g/mol. The van der Waals surface area contributed by atoms with E-state index in [0.717, 1.165) is 0 Å². The predicted octanol–water partition coefficient (Wildman–Crippen LogP) is 3.95. The lowest BCUT2D eigenvalue weighted by atomic mass is 9.88. The lowest BCUT2D eigenvalue weighted by Gasteiger charge is -2.39. The summed E-state index contributed by atoms with van der Waals surface area (Å²) in [5.41, 5.74) is -7.53. The molecule has 13 heteroatoms. The lowest BCUT2D eigenvalue weighted by molar-refractivity contribution is -0.426. The Morgan fingerprint density at radius 3 is 1.33 bits per heavy atom. The van der Waals surface area contributed by atoms with Gasteiger partial charge in [-0.25, -0.2) is 4.39 Å². The van der Waals surface area contributed by atoms with Crippen LogP contribution in [0.15, 0.2) is 0 Å². The van der Waals surface area contributed by atoms with Gasteiger partial charge < -0.3 is 5.11 Å². The number of carboxylic acids is 1. The largest absolute Gasteiger partial charge is 0.481 e. The Morgan fingerprint density at radius 1 is 0.762 bits per heavy atom. The van der Waals surface area contributed by atoms with Crippen LogP contribution in [0, 0.1) is 0 Å². The zero-order valence-corrected chi connectivity index (χ0v) is 9.43. The van der Waals surface area contributed by atoms with E-state index in [9.17, 15) is 53.1 Å². The van der Waals surface area contributed by atoms with Crippen molar-refractivity contribution in [3.63, 3.8) is 0 Å². The fraction of sp³-hybridized carbons (Fsp3) is 0.875. The summed E-state index contributed by atoms with van der Waals surface area (Å²) >= 11 is 0. The minimum absolute atomic E-state index is 1.89. The molecule has 21 heavy (non-hydrogen) atoms. The van der Waals surface area contributed by atoms with Gasteiger partial charge in [-0.2, -0.15) is 43.9 Å². The number of carbonyl (C=O) groups is 1. The molecule has 0 fully saturated rings. The summed E-state index contributed by atoms with van der Waals surface area (Å²) < 4.78 is 137. The molecule has 0 aliphatic rings. The summed E-state index contributed by atoms with van der Waals surface area (Å²) in [7, 11) is 0. The molecule has 0 aromatic rings. The number of rotatable bonds is 5. The maximum absolute atomic E-state index is 13.0. The highest BCUT2D eigenvalue weighted by atomic mass is 19.4. The van der Waals surface area contributed by atoms with Crippen LogP contribution in [0.1, 0.15) is 12.8 Å². The molecule has 0 aliphatic carbocycles. The first-order valence-electron chi connectivity index (χ1n) is 4.71. The summed E-state index contributed by atoms with van der Waals surface area (Å²) in [5.74, 6) is -15.7. The van der Waals surface area contributed by atoms with Crippen molar-refractivity contribution >= 4 is 5.97 Å². The SMILES string of the molecule is O=C(O)CCC(F)(F)C(F)(F)C(F)(C(F)(F)F)C(F)(F)F. The third-order valence-corrected chi connectivity index (χ3v) is 2.33. The van der Waals surface area contributed by atoms with Crippen molar-refractivity contribution in [1.82, 2.24) is 0 Å². The van der Waals surface area contributed by atoms with Gasteiger partial charge in [0.05, 0.1) is 6.42 Å². The fourth-order valence-corrected chi connectivity index (χ4v) is 1.19. The Morgan fingerprint density at radius 2 is 1.10 bits per heavy atom. The van der Waals surface area contributed by atoms with Crippen LogP contribution in [-0.2, 0) is 4.79 Å². The molecule has 0 rings (SSSR count). The molecule has 0 atom stereocenters. The standard InChI is InChI=1S/C8H5F11O2/c9-4(10,2-1-3(20)21)6(12,13)5(11,7(14,15)16)8(17,18)19/h1-2H2,(H,20,21). The van der Waals surface area contributed by atoms with Crippen molar-refractivity contribution in [2.24, 2.45) is 0 Å². The first kappa shape index (κ1) is 19.7. The van der Waals surface area contributed by atoms with Crippen molar-refractivity contribution in [1.29, 1.82) is 0 Å². The van der Waals surface area contributed by atoms with Crippen LogP contribution in [0.3, 0.4) is 0 Å². The molecule has 0 saturated heterocycles. The van der Waals surface area contributed by atoms with Crippen LogP contribution in [0.4, 0.5) is 48.3 Å². The molecule has 0 amide bonds. The normalized spacial score (nSPS) is 15.2. The molecule has 126 valence electrons. The van der Waals surface area contributed by atoms with E-state index in [1.54, 1.807) is 0 Å². The van der Waals surface area contributed by atoms with Gasteiger partial charge in [0.1, 0.15) is 0 Å². The average Bonchev–Trinajstić information content (AvgIpc) is 2.21. The number of hydrogen-bond acceptors (Lipinski definition) is 1. The molecular formula is C8H5F11O2. The molecule has 0 aliphatic heterocycles. The number of hydrogen-bond donors (Lipinski definition) is 1. The number of carboxylic acid groups (broad SMARTS) is 1. The first-order chi connectivity index (χ1) is 8.92. The summed E-state index contributed by atoms with van der Waals surface area (Å²) in [5, 5.41) is 7.95. The summed E-state index contributed by atoms with van der Waals surface area (Å²) in [6.45, 7) is 0. The topological polar surface area (TPSA) is 37.3 Å². The highest BCUT2D eigenvalue weighted by molar-refractivity contribution is 5.66. The van der Waals surface area contributed by atoms with Crippen molar-refractivity contribution in [3.8, 4) is 0 Å². The first-order valence-corrected chi connectivity index (χ1v) is 4.71. The molecule has 0 unspecified atom stereocenters. The Hall–Kier alpha value is -1.30. The fourth-order valence-electron chi connectivity index (χ4n) is 1.19. The maximum Gasteiger partial charge on any atom is 0.438 e. The van der Waals surface area contributed by atoms with Crippen molar-refractivity contribution in [3.05, 3.63) is 0 Å². The van der Waals surface area contributed by atoms with Gasteiger partial charge in [-0.05, 0) is 0 Å². The van der Waals surface area contributed by atoms with E-state index in [0.29, 0.717) is 0 Å². The van der Waals surface area contributed by atoms with Crippen LogP contribution in [0.25, 0.3) is 0 Å². The number of halogens is 11. The minimum atomic E-state index is -7.53. The molecule has 1 N–H and O–H groups in total. The van der Waals surface area contributed by atoms with Gasteiger partial charge in [0.15, 0.2) is 0 Å². The van der Waals surface area contributed by atoms with Gasteiger partial charge in [-0.1, -0.05) is 0 Å². The van der Waals surface area contributed by atoms with Gasteiger partial charge in [-0.15, -0.1) is 0 Å². The molecule has 0 aromatic carbocycles. The van der Waals surface area contributed by atoms with Crippen LogP contribution in [0.5, 0.6) is 0 Å². The van der Waals surface area contributed by atoms with E-state index >= 15 is 0 Å². The van der Waals surface area contributed by atoms with E-state index in [-0.39, 0.29) is 0 Å². The van der Waals surface area contributed by atoms with Crippen molar-refractivity contribution in [2.45, 2.75) is 42.7 Å². The van der Waals surface area contributed by atoms with Gasteiger partial charge in [0.2, 0.25) is 0 Å². The van der Waals surface area contributed by atoms with Crippen molar-refractivity contribution in [2.75, 3.05) is 0 Å².